The van der Waals surface area contributed by atoms with E-state index in [0.717, 1.165) is 0 Å². The molecule has 0 aliphatic heterocycles. The lowest BCUT2D eigenvalue weighted by Crippen LogP contribution is -2.21. The van der Waals surface area contributed by atoms with Gasteiger partial charge in [0, 0.05) is 12.7 Å². The molecule has 1 heterocycles. The maximum atomic E-state index is 11.2. The molecule has 14 heavy (non-hydrogen) atoms. The Morgan fingerprint density at radius 1 is 1.71 bits per heavy atom. The SMILES string of the molecule is CC(=O)c1cn(CCO)c(=S)[nH]c1=O. The number of carbonyl (C=O) groups is 1. The summed E-state index contributed by atoms with van der Waals surface area (Å²) in [4.78, 5) is 24.6. The number of Topliss-reactive ketones (excluding diaryl/α,β-unsaturated/α-hetero) is 1. The highest BCUT2D eigenvalue weighted by Gasteiger charge is 2.06. The van der Waals surface area contributed by atoms with Gasteiger partial charge < -0.3 is 9.67 Å². The summed E-state index contributed by atoms with van der Waals surface area (Å²) in [6.07, 6.45) is 1.36. The van der Waals surface area contributed by atoms with E-state index >= 15 is 0 Å². The molecule has 0 amide bonds. The molecular weight excluding hydrogens is 204 g/mol. The number of nitrogens with zero attached hydrogens (tertiary/aromatic N) is 1. The standard InChI is InChI=1S/C8H10N2O3S/c1-5(12)6-4-10(2-3-11)8(14)9-7(6)13/h4,11H,2-3H2,1H3,(H,9,13,14). The fourth-order valence-corrected chi connectivity index (χ4v) is 1.27. The topological polar surface area (TPSA) is 75.1 Å². The quantitative estimate of drug-likeness (QED) is 0.553. The van der Waals surface area contributed by atoms with Crippen LogP contribution in [0.3, 0.4) is 0 Å². The van der Waals surface area contributed by atoms with Crippen molar-refractivity contribution < 1.29 is 9.90 Å². The third-order valence-electron chi connectivity index (χ3n) is 1.73. The number of rotatable bonds is 3. The minimum Gasteiger partial charge on any atom is -0.395 e. The van der Waals surface area contributed by atoms with Gasteiger partial charge in [-0.15, -0.1) is 0 Å². The van der Waals surface area contributed by atoms with Crippen LogP contribution >= 0.6 is 12.2 Å². The maximum Gasteiger partial charge on any atom is 0.262 e. The molecule has 0 unspecified atom stereocenters. The van der Waals surface area contributed by atoms with Crippen molar-refractivity contribution in [3.63, 3.8) is 0 Å². The number of aliphatic hydroxyl groups is 1. The molecule has 0 aliphatic rings. The summed E-state index contributed by atoms with van der Waals surface area (Å²) in [6, 6.07) is 0. The highest BCUT2D eigenvalue weighted by molar-refractivity contribution is 7.71. The number of aromatic nitrogens is 2. The van der Waals surface area contributed by atoms with Crippen LogP contribution in [0.4, 0.5) is 0 Å². The molecule has 1 rings (SSSR count). The van der Waals surface area contributed by atoms with E-state index in [0.29, 0.717) is 0 Å². The van der Waals surface area contributed by atoms with E-state index in [9.17, 15) is 9.59 Å². The van der Waals surface area contributed by atoms with Crippen LogP contribution in [-0.4, -0.2) is 27.0 Å². The lowest BCUT2D eigenvalue weighted by Gasteiger charge is -2.04. The Bertz CT molecular complexity index is 460. The van der Waals surface area contributed by atoms with E-state index in [1.807, 2.05) is 0 Å². The van der Waals surface area contributed by atoms with Crippen LogP contribution in [0.1, 0.15) is 17.3 Å². The first-order valence-corrected chi connectivity index (χ1v) is 4.42. The van der Waals surface area contributed by atoms with E-state index < -0.39 is 5.56 Å². The molecular formula is C8H10N2O3S. The predicted octanol–water partition coefficient (Wildman–Crippen LogP) is 0.101. The number of aliphatic hydroxyl groups excluding tert-OH is 1. The number of hydrogen-bond acceptors (Lipinski definition) is 4. The second-order valence-electron chi connectivity index (χ2n) is 2.78. The molecule has 0 spiro atoms. The molecule has 0 bridgehead atoms. The third-order valence-corrected chi connectivity index (χ3v) is 2.07. The van der Waals surface area contributed by atoms with Gasteiger partial charge in [-0.2, -0.15) is 0 Å². The van der Waals surface area contributed by atoms with Crippen molar-refractivity contribution in [2.45, 2.75) is 13.5 Å². The van der Waals surface area contributed by atoms with Crippen LogP contribution in [0.5, 0.6) is 0 Å². The Hall–Kier alpha value is -1.27. The summed E-state index contributed by atoms with van der Waals surface area (Å²) in [7, 11) is 0. The smallest absolute Gasteiger partial charge is 0.262 e. The molecule has 0 saturated heterocycles. The highest BCUT2D eigenvalue weighted by Crippen LogP contribution is 1.94. The van der Waals surface area contributed by atoms with E-state index in [4.69, 9.17) is 17.3 Å². The minimum atomic E-state index is -0.489. The molecule has 5 nitrogen and oxygen atoms in total. The van der Waals surface area contributed by atoms with Gasteiger partial charge in [-0.3, -0.25) is 14.6 Å². The number of aromatic amines is 1. The molecule has 1 aromatic rings. The molecule has 0 atom stereocenters. The zero-order valence-electron chi connectivity index (χ0n) is 7.61. The molecule has 1 aromatic heterocycles. The zero-order valence-corrected chi connectivity index (χ0v) is 8.43. The van der Waals surface area contributed by atoms with Gasteiger partial charge in [0.15, 0.2) is 10.6 Å². The number of H-pyrrole nitrogens is 1. The van der Waals surface area contributed by atoms with Gasteiger partial charge in [0.25, 0.3) is 5.56 Å². The van der Waals surface area contributed by atoms with Crippen molar-refractivity contribution in [3.8, 4) is 0 Å². The fourth-order valence-electron chi connectivity index (χ4n) is 1.03. The van der Waals surface area contributed by atoms with Crippen LogP contribution < -0.4 is 5.56 Å². The molecule has 0 radical (unpaired) electrons. The van der Waals surface area contributed by atoms with Crippen molar-refractivity contribution in [1.29, 1.82) is 0 Å². The summed E-state index contributed by atoms with van der Waals surface area (Å²) >= 11 is 4.84. The van der Waals surface area contributed by atoms with Crippen LogP contribution in [0.25, 0.3) is 0 Å². The first-order valence-electron chi connectivity index (χ1n) is 4.02. The number of carbonyl (C=O) groups excluding carboxylic acids is 1. The van der Waals surface area contributed by atoms with E-state index in [1.54, 1.807) is 0 Å². The van der Waals surface area contributed by atoms with Crippen LogP contribution in [-0.2, 0) is 6.54 Å². The monoisotopic (exact) mass is 214 g/mol. The second kappa shape index (κ2) is 4.30. The van der Waals surface area contributed by atoms with Crippen molar-refractivity contribution >= 4 is 18.0 Å². The molecule has 76 valence electrons. The first-order chi connectivity index (χ1) is 6.56. The summed E-state index contributed by atoms with van der Waals surface area (Å²) in [6.45, 7) is 1.46. The van der Waals surface area contributed by atoms with Gasteiger partial charge in [0.05, 0.1) is 12.2 Å². The Kier molecular flexibility index (Phi) is 3.32. The molecule has 0 aromatic carbocycles. The molecule has 2 N–H and O–H groups in total. The molecule has 0 saturated carbocycles. The van der Waals surface area contributed by atoms with Gasteiger partial charge in [-0.1, -0.05) is 0 Å². The Morgan fingerprint density at radius 2 is 2.36 bits per heavy atom. The van der Waals surface area contributed by atoms with Crippen molar-refractivity contribution in [2.24, 2.45) is 0 Å². The van der Waals surface area contributed by atoms with Crippen molar-refractivity contribution in [3.05, 3.63) is 26.9 Å². The molecule has 6 heteroatoms. The van der Waals surface area contributed by atoms with E-state index in [1.165, 1.54) is 17.7 Å². The van der Waals surface area contributed by atoms with Gasteiger partial charge in [-0.05, 0) is 19.1 Å². The first kappa shape index (κ1) is 10.8. The number of hydrogen-bond donors (Lipinski definition) is 2. The predicted molar refractivity (Wildman–Crippen MR) is 53.0 cm³/mol. The van der Waals surface area contributed by atoms with Crippen LogP contribution in [0.15, 0.2) is 11.0 Å². The Labute approximate surface area is 85.0 Å². The lowest BCUT2D eigenvalue weighted by atomic mass is 10.2. The average Bonchev–Trinajstić information content (AvgIpc) is 2.09. The largest absolute Gasteiger partial charge is 0.395 e. The van der Waals surface area contributed by atoms with Gasteiger partial charge >= 0.3 is 0 Å². The second-order valence-corrected chi connectivity index (χ2v) is 3.16. The maximum absolute atomic E-state index is 11.2. The van der Waals surface area contributed by atoms with Crippen LogP contribution in [0.2, 0.25) is 0 Å². The lowest BCUT2D eigenvalue weighted by molar-refractivity contribution is 0.101. The van der Waals surface area contributed by atoms with Gasteiger partial charge in [-0.25, -0.2) is 0 Å². The average molecular weight is 214 g/mol. The van der Waals surface area contributed by atoms with E-state index in [-0.39, 0.29) is 29.3 Å². The van der Waals surface area contributed by atoms with Gasteiger partial charge in [0.1, 0.15) is 0 Å². The summed E-state index contributed by atoms with van der Waals surface area (Å²) in [5.74, 6) is -0.326. The zero-order chi connectivity index (χ0) is 10.7. The highest BCUT2D eigenvalue weighted by atomic mass is 32.1. The summed E-state index contributed by atoms with van der Waals surface area (Å²) < 4.78 is 1.65. The summed E-state index contributed by atoms with van der Waals surface area (Å²) in [5.41, 5.74) is -0.441. The third kappa shape index (κ3) is 2.15. The number of ketones is 1. The molecule has 0 aliphatic carbocycles. The van der Waals surface area contributed by atoms with Crippen molar-refractivity contribution in [1.82, 2.24) is 9.55 Å². The fraction of sp³-hybridized carbons (Fsp3) is 0.375. The van der Waals surface area contributed by atoms with Crippen molar-refractivity contribution in [2.75, 3.05) is 6.61 Å². The molecule has 0 fully saturated rings. The number of nitrogens with one attached hydrogen (secondary N) is 1. The van der Waals surface area contributed by atoms with Gasteiger partial charge in [0.2, 0.25) is 0 Å². The van der Waals surface area contributed by atoms with E-state index in [2.05, 4.69) is 4.98 Å². The Morgan fingerprint density at radius 3 is 2.86 bits per heavy atom. The summed E-state index contributed by atoms with van der Waals surface area (Å²) in [5, 5.41) is 8.70. The normalized spacial score (nSPS) is 10.1. The minimum absolute atomic E-state index is 0.0482. The van der Waals surface area contributed by atoms with Crippen LogP contribution in [0, 0.1) is 4.77 Å². The Balaban J connectivity index is 3.35.